The molecule has 0 bridgehead atoms. The number of aryl methyl sites for hydroxylation is 4. The van der Waals surface area contributed by atoms with Gasteiger partial charge in [-0.2, -0.15) is 0 Å². The smallest absolute Gasteiger partial charge is 0.744 e. The molecule has 0 unspecified atom stereocenters. The Kier molecular flexibility index (Phi) is 48.8. The molecule has 0 amide bonds. The van der Waals surface area contributed by atoms with Crippen LogP contribution in [0.1, 0.15) is 358 Å². The molecule has 0 N–H and O–H groups in total. The number of hydrogen-bond donors (Lipinski definition) is 0. The second-order valence-corrected chi connectivity index (χ2v) is 28.2. The molecule has 0 radical (unpaired) electrons. The van der Waals surface area contributed by atoms with Crippen molar-refractivity contribution in [1.82, 2.24) is 0 Å². The number of rotatable bonds is 54. The SMILES string of the molecule is CCCCCCCCCCCCCCc1cc(CCCCCCCCCCCCCC)c2ccccc2c1S(=O)(=O)[O-].CCCCCCCCCCCCCCc1cc(CCCCCCCCCCCCCC)c2ccccc2c1S(=O)(=O)[O-].[Ca+2]. The van der Waals surface area contributed by atoms with Crippen LogP contribution in [0.25, 0.3) is 21.5 Å². The van der Waals surface area contributed by atoms with Gasteiger partial charge in [0.15, 0.2) is 0 Å². The van der Waals surface area contributed by atoms with Gasteiger partial charge in [-0.25, -0.2) is 16.8 Å². The fourth-order valence-electron chi connectivity index (χ4n) is 13.0. The molecule has 0 aromatic heterocycles. The molecule has 0 heterocycles. The van der Waals surface area contributed by atoms with Gasteiger partial charge in [0.2, 0.25) is 0 Å². The zero-order valence-corrected chi connectivity index (χ0v) is 59.4. The summed E-state index contributed by atoms with van der Waals surface area (Å²) in [5, 5.41) is 3.12. The molecule has 0 aliphatic heterocycles. The zero-order chi connectivity index (χ0) is 60.6. The third kappa shape index (κ3) is 36.8. The molecule has 0 atom stereocenters. The van der Waals surface area contributed by atoms with Gasteiger partial charge in [-0.1, -0.05) is 371 Å². The Morgan fingerprint density at radius 2 is 0.412 bits per heavy atom. The van der Waals surface area contributed by atoms with Crippen molar-refractivity contribution in [2.45, 2.75) is 371 Å². The number of benzene rings is 4. The van der Waals surface area contributed by atoms with Gasteiger partial charge in [0.05, 0.1) is 9.79 Å². The van der Waals surface area contributed by atoms with Gasteiger partial charge in [0, 0.05) is 0 Å². The van der Waals surface area contributed by atoms with Gasteiger partial charge in [-0.05, 0) is 95.2 Å². The van der Waals surface area contributed by atoms with Crippen LogP contribution in [0.4, 0.5) is 0 Å². The van der Waals surface area contributed by atoms with E-state index in [1.165, 1.54) is 281 Å². The molecule has 9 heteroatoms. The molecule has 0 saturated heterocycles. The summed E-state index contributed by atoms with van der Waals surface area (Å²) in [7, 11) is -9.08. The van der Waals surface area contributed by atoms with Gasteiger partial charge < -0.3 is 9.11 Å². The van der Waals surface area contributed by atoms with E-state index in [9.17, 15) is 25.9 Å². The summed E-state index contributed by atoms with van der Waals surface area (Å²) in [5.74, 6) is 0. The van der Waals surface area contributed by atoms with Crippen molar-refractivity contribution in [3.63, 3.8) is 0 Å². The third-order valence-corrected chi connectivity index (χ3v) is 20.0. The van der Waals surface area contributed by atoms with E-state index in [4.69, 9.17) is 0 Å². The number of fused-ring (bicyclic) bond motifs is 2. The standard InChI is InChI=1S/2C38H64O3S.Ca/c2*1-3-5-7-9-11-13-15-17-19-21-23-25-29-34-33-35(38(42(39,40)41)37-32-28-27-31-36(34)37)30-26-24-22-20-18-16-14-12-10-8-6-4-2;/h2*27-28,31-33H,3-26,29-30H2,1-2H3,(H,39,40,41);/q;;+2/p-2. The van der Waals surface area contributed by atoms with E-state index < -0.39 is 20.2 Å². The Bertz CT molecular complexity index is 2300. The van der Waals surface area contributed by atoms with Crippen molar-refractivity contribution in [3.05, 3.63) is 82.9 Å². The van der Waals surface area contributed by atoms with Gasteiger partial charge in [0.25, 0.3) is 0 Å². The molecule has 480 valence electrons. The molecular weight excluding hydrogens is 1110 g/mol. The molecule has 0 aliphatic carbocycles. The first-order valence-corrected chi connectivity index (χ1v) is 38.8. The fraction of sp³-hybridized carbons (Fsp3) is 0.737. The van der Waals surface area contributed by atoms with Crippen LogP contribution in [-0.4, -0.2) is 63.7 Å². The van der Waals surface area contributed by atoms with Crippen LogP contribution in [0.5, 0.6) is 0 Å². The minimum absolute atomic E-state index is 0. The van der Waals surface area contributed by atoms with Gasteiger partial charge in [0.1, 0.15) is 20.2 Å². The van der Waals surface area contributed by atoms with E-state index >= 15 is 0 Å². The average molecular weight is 1240 g/mol. The Morgan fingerprint density at radius 3 is 0.600 bits per heavy atom. The van der Waals surface area contributed by atoms with Crippen LogP contribution < -0.4 is 0 Å². The summed E-state index contributed by atoms with van der Waals surface area (Å²) < 4.78 is 74.5. The van der Waals surface area contributed by atoms with E-state index in [2.05, 4.69) is 39.8 Å². The van der Waals surface area contributed by atoms with E-state index in [0.717, 1.165) is 73.3 Å². The first-order chi connectivity index (χ1) is 41.0. The third-order valence-electron chi connectivity index (χ3n) is 18.0. The molecule has 0 saturated carbocycles. The van der Waals surface area contributed by atoms with Crippen LogP contribution >= 0.6 is 0 Å². The minimum Gasteiger partial charge on any atom is -0.744 e. The van der Waals surface area contributed by atoms with Crippen molar-refractivity contribution in [1.29, 1.82) is 0 Å². The van der Waals surface area contributed by atoms with Crippen LogP contribution in [-0.2, 0) is 45.9 Å². The quantitative estimate of drug-likeness (QED) is 0.0247. The molecule has 0 spiro atoms. The summed E-state index contributed by atoms with van der Waals surface area (Å²) in [6, 6.07) is 19.4. The monoisotopic (exact) mass is 1240 g/mol. The Balaban J connectivity index is 0.000000573. The maximum atomic E-state index is 12.4. The number of unbranched alkanes of at least 4 members (excludes halogenated alkanes) is 44. The van der Waals surface area contributed by atoms with Crippen molar-refractivity contribution in [3.8, 4) is 0 Å². The molecular formula is C76H126CaO6S2. The van der Waals surface area contributed by atoms with Crippen LogP contribution in [0.2, 0.25) is 0 Å². The van der Waals surface area contributed by atoms with E-state index in [1.54, 1.807) is 0 Å². The van der Waals surface area contributed by atoms with Crippen molar-refractivity contribution in [2.24, 2.45) is 0 Å². The Morgan fingerprint density at radius 1 is 0.247 bits per heavy atom. The van der Waals surface area contributed by atoms with Crippen molar-refractivity contribution >= 4 is 79.5 Å². The molecule has 0 fully saturated rings. The van der Waals surface area contributed by atoms with Crippen LogP contribution in [0, 0.1) is 0 Å². The second kappa shape index (κ2) is 52.1. The largest absolute Gasteiger partial charge is 2.00 e. The fourth-order valence-corrected chi connectivity index (χ4v) is 14.8. The summed E-state index contributed by atoms with van der Waals surface area (Å²) in [6.45, 7) is 9.07. The van der Waals surface area contributed by atoms with Crippen molar-refractivity contribution in [2.75, 3.05) is 0 Å². The van der Waals surface area contributed by atoms with E-state index in [0.29, 0.717) is 23.6 Å². The predicted molar refractivity (Wildman–Crippen MR) is 369 cm³/mol. The summed E-state index contributed by atoms with van der Waals surface area (Å²) >= 11 is 0. The van der Waals surface area contributed by atoms with Gasteiger partial charge >= 0.3 is 37.7 Å². The van der Waals surface area contributed by atoms with Crippen LogP contribution in [0.15, 0.2) is 70.5 Å². The van der Waals surface area contributed by atoms with E-state index in [-0.39, 0.29) is 47.5 Å². The first kappa shape index (κ1) is 79.6. The van der Waals surface area contributed by atoms with Gasteiger partial charge in [-0.15, -0.1) is 0 Å². The molecule has 0 aliphatic rings. The topological polar surface area (TPSA) is 114 Å². The van der Waals surface area contributed by atoms with Gasteiger partial charge in [-0.3, -0.25) is 0 Å². The average Bonchev–Trinajstić information content (AvgIpc) is 3.57. The zero-order valence-electron chi connectivity index (χ0n) is 55.5. The molecule has 4 aromatic carbocycles. The maximum Gasteiger partial charge on any atom is 2.00 e. The minimum atomic E-state index is -4.54. The molecule has 4 rings (SSSR count). The summed E-state index contributed by atoms with van der Waals surface area (Å²) in [6.07, 6.45) is 65.5. The van der Waals surface area contributed by atoms with Crippen LogP contribution in [0.3, 0.4) is 0 Å². The predicted octanol–water partition coefficient (Wildman–Crippen LogP) is 24.1. The molecule has 85 heavy (non-hydrogen) atoms. The molecule has 6 nitrogen and oxygen atoms in total. The number of hydrogen-bond acceptors (Lipinski definition) is 6. The summed E-state index contributed by atoms with van der Waals surface area (Å²) in [4.78, 5) is 0.0548. The van der Waals surface area contributed by atoms with Crippen molar-refractivity contribution < 1.29 is 25.9 Å². The second-order valence-electron chi connectivity index (χ2n) is 25.6. The van der Waals surface area contributed by atoms with E-state index in [1.807, 2.05) is 48.5 Å². The Labute approximate surface area is 555 Å². The maximum absolute atomic E-state index is 12.4. The molecule has 4 aromatic rings. The normalized spacial score (nSPS) is 11.8. The summed E-state index contributed by atoms with van der Waals surface area (Å²) in [5.41, 5.74) is 3.90. The Hall–Kier alpha value is -1.52. The first-order valence-electron chi connectivity index (χ1n) is 36.0.